The van der Waals surface area contributed by atoms with Gasteiger partial charge in [0.1, 0.15) is 5.75 Å². The normalized spacial score (nSPS) is 16.8. The highest BCUT2D eigenvalue weighted by atomic mass is 32.1. The van der Waals surface area contributed by atoms with Gasteiger partial charge in [0, 0.05) is 13.2 Å². The molecule has 0 unspecified atom stereocenters. The Morgan fingerprint density at radius 3 is 3.00 bits per heavy atom. The molecule has 0 saturated carbocycles. The molecule has 2 N–H and O–H groups in total. The summed E-state index contributed by atoms with van der Waals surface area (Å²) in [6.07, 6.45) is 4.28. The van der Waals surface area contributed by atoms with Crippen LogP contribution in [0.5, 0.6) is 5.75 Å². The molecule has 6 heteroatoms. The summed E-state index contributed by atoms with van der Waals surface area (Å²) in [5.41, 5.74) is 0.491. The Labute approximate surface area is 142 Å². The van der Waals surface area contributed by atoms with E-state index in [2.05, 4.69) is 17.6 Å². The van der Waals surface area contributed by atoms with E-state index in [0.29, 0.717) is 29.6 Å². The number of hydrogen-bond donors (Lipinski definition) is 2. The second-order valence-electron chi connectivity index (χ2n) is 5.50. The Kier molecular flexibility index (Phi) is 7.29. The van der Waals surface area contributed by atoms with Crippen LogP contribution in [0.3, 0.4) is 0 Å². The third-order valence-corrected chi connectivity index (χ3v) is 3.87. The van der Waals surface area contributed by atoms with Crippen LogP contribution in [-0.4, -0.2) is 36.9 Å². The maximum Gasteiger partial charge on any atom is 0.261 e. The van der Waals surface area contributed by atoms with Crippen molar-refractivity contribution in [1.82, 2.24) is 10.6 Å². The summed E-state index contributed by atoms with van der Waals surface area (Å²) < 4.78 is 11.2. The maximum absolute atomic E-state index is 12.4. The van der Waals surface area contributed by atoms with E-state index < -0.39 is 0 Å². The number of ether oxygens (including phenoxy) is 2. The molecule has 1 aliphatic rings. The van der Waals surface area contributed by atoms with Gasteiger partial charge in [0.15, 0.2) is 5.11 Å². The third-order valence-electron chi connectivity index (χ3n) is 3.63. The lowest BCUT2D eigenvalue weighted by Gasteiger charge is -2.14. The lowest BCUT2D eigenvalue weighted by molar-refractivity contribution is 0.0969. The highest BCUT2D eigenvalue weighted by molar-refractivity contribution is 7.80. The first-order valence-corrected chi connectivity index (χ1v) is 8.54. The molecule has 1 aliphatic heterocycles. The topological polar surface area (TPSA) is 59.6 Å². The van der Waals surface area contributed by atoms with Crippen molar-refractivity contribution in [3.05, 3.63) is 29.8 Å². The predicted octanol–water partition coefficient (Wildman–Crippen LogP) is 2.65. The SMILES string of the molecule is CCCCOc1ccccc1C(=O)NC(=S)NC[C@@H]1CCCO1. The van der Waals surface area contributed by atoms with Gasteiger partial charge >= 0.3 is 0 Å². The molecular weight excluding hydrogens is 312 g/mol. The van der Waals surface area contributed by atoms with E-state index in [0.717, 1.165) is 32.3 Å². The molecule has 1 heterocycles. The average molecular weight is 336 g/mol. The summed E-state index contributed by atoms with van der Waals surface area (Å²) in [5.74, 6) is 0.322. The number of nitrogens with one attached hydrogen (secondary N) is 2. The van der Waals surface area contributed by atoms with E-state index >= 15 is 0 Å². The van der Waals surface area contributed by atoms with Crippen LogP contribution in [-0.2, 0) is 4.74 Å². The Balaban J connectivity index is 1.85. The van der Waals surface area contributed by atoms with Crippen molar-refractivity contribution in [1.29, 1.82) is 0 Å². The third kappa shape index (κ3) is 5.80. The summed E-state index contributed by atoms with van der Waals surface area (Å²) >= 11 is 5.17. The second kappa shape index (κ2) is 9.47. The molecular formula is C17H24N2O3S. The van der Waals surface area contributed by atoms with Gasteiger partial charge < -0.3 is 14.8 Å². The van der Waals surface area contributed by atoms with E-state index in [1.165, 1.54) is 0 Å². The molecule has 1 aromatic carbocycles. The van der Waals surface area contributed by atoms with Crippen LogP contribution >= 0.6 is 12.2 Å². The minimum Gasteiger partial charge on any atom is -0.493 e. The molecule has 2 rings (SSSR count). The highest BCUT2D eigenvalue weighted by Crippen LogP contribution is 2.18. The van der Waals surface area contributed by atoms with Crippen molar-refractivity contribution >= 4 is 23.2 Å². The van der Waals surface area contributed by atoms with Gasteiger partial charge in [0.05, 0.1) is 18.3 Å². The lowest BCUT2D eigenvalue weighted by Crippen LogP contribution is -2.42. The predicted molar refractivity (Wildman–Crippen MR) is 93.9 cm³/mol. The molecule has 0 bridgehead atoms. The van der Waals surface area contributed by atoms with Gasteiger partial charge in [0.2, 0.25) is 0 Å². The minimum absolute atomic E-state index is 0.175. The standard InChI is InChI=1S/C17H24N2O3S/c1-2-3-10-22-15-9-5-4-8-14(15)16(20)19-17(23)18-12-13-7-6-11-21-13/h4-5,8-9,13H,2-3,6-7,10-12H2,1H3,(H2,18,19,20,23)/t13-/m0/s1. The fourth-order valence-corrected chi connectivity index (χ4v) is 2.51. The molecule has 0 aliphatic carbocycles. The molecule has 1 fully saturated rings. The van der Waals surface area contributed by atoms with Crippen molar-refractivity contribution in [2.45, 2.75) is 38.7 Å². The first-order chi connectivity index (χ1) is 11.2. The van der Waals surface area contributed by atoms with Gasteiger partial charge in [-0.1, -0.05) is 25.5 Å². The lowest BCUT2D eigenvalue weighted by atomic mass is 10.2. The number of benzene rings is 1. The fraction of sp³-hybridized carbons (Fsp3) is 0.529. The molecule has 0 aromatic heterocycles. The molecule has 5 nitrogen and oxygen atoms in total. The average Bonchev–Trinajstić information content (AvgIpc) is 3.07. The van der Waals surface area contributed by atoms with Crippen molar-refractivity contribution in [3.63, 3.8) is 0 Å². The Bertz CT molecular complexity index is 530. The Morgan fingerprint density at radius 1 is 1.43 bits per heavy atom. The van der Waals surface area contributed by atoms with Gasteiger partial charge in [-0.15, -0.1) is 0 Å². The van der Waals surface area contributed by atoms with Crippen LogP contribution in [0.1, 0.15) is 43.0 Å². The van der Waals surface area contributed by atoms with E-state index in [1.54, 1.807) is 12.1 Å². The van der Waals surface area contributed by atoms with E-state index in [1.807, 2.05) is 12.1 Å². The monoisotopic (exact) mass is 336 g/mol. The Morgan fingerprint density at radius 2 is 2.26 bits per heavy atom. The number of carbonyl (C=O) groups is 1. The van der Waals surface area contributed by atoms with Crippen LogP contribution in [0.15, 0.2) is 24.3 Å². The van der Waals surface area contributed by atoms with E-state index in [-0.39, 0.29) is 12.0 Å². The van der Waals surface area contributed by atoms with Crippen LogP contribution in [0.4, 0.5) is 0 Å². The van der Waals surface area contributed by atoms with Crippen molar-refractivity contribution in [2.75, 3.05) is 19.8 Å². The zero-order chi connectivity index (χ0) is 16.5. The zero-order valence-electron chi connectivity index (χ0n) is 13.5. The van der Waals surface area contributed by atoms with Crippen molar-refractivity contribution in [2.24, 2.45) is 0 Å². The number of para-hydroxylation sites is 1. The molecule has 1 aromatic rings. The van der Waals surface area contributed by atoms with Crippen LogP contribution in [0.25, 0.3) is 0 Å². The molecule has 1 saturated heterocycles. The van der Waals surface area contributed by atoms with Gasteiger partial charge in [-0.3, -0.25) is 10.1 Å². The van der Waals surface area contributed by atoms with E-state index in [4.69, 9.17) is 21.7 Å². The number of unbranched alkanes of at least 4 members (excludes halogenated alkanes) is 1. The molecule has 126 valence electrons. The first kappa shape index (κ1) is 17.7. The molecule has 23 heavy (non-hydrogen) atoms. The summed E-state index contributed by atoms with van der Waals surface area (Å²) in [5, 5.41) is 6.04. The number of rotatable bonds is 7. The van der Waals surface area contributed by atoms with Crippen LogP contribution in [0.2, 0.25) is 0 Å². The number of thiocarbonyl (C=S) groups is 1. The quantitative estimate of drug-likeness (QED) is 0.592. The summed E-state index contributed by atoms with van der Waals surface area (Å²) in [7, 11) is 0. The molecule has 1 atom stereocenters. The number of amides is 1. The molecule has 1 amide bonds. The number of carbonyl (C=O) groups excluding carboxylic acids is 1. The maximum atomic E-state index is 12.4. The highest BCUT2D eigenvalue weighted by Gasteiger charge is 2.17. The van der Waals surface area contributed by atoms with Crippen molar-refractivity contribution in [3.8, 4) is 5.75 Å². The largest absolute Gasteiger partial charge is 0.493 e. The van der Waals surface area contributed by atoms with Gasteiger partial charge in [0.25, 0.3) is 5.91 Å². The molecule has 0 radical (unpaired) electrons. The Hall–Kier alpha value is -1.66. The van der Waals surface area contributed by atoms with Crippen LogP contribution < -0.4 is 15.4 Å². The summed E-state index contributed by atoms with van der Waals surface area (Å²) in [6, 6.07) is 7.20. The van der Waals surface area contributed by atoms with Gasteiger partial charge in [-0.05, 0) is 43.6 Å². The smallest absolute Gasteiger partial charge is 0.261 e. The van der Waals surface area contributed by atoms with E-state index in [9.17, 15) is 4.79 Å². The minimum atomic E-state index is -0.262. The van der Waals surface area contributed by atoms with Crippen molar-refractivity contribution < 1.29 is 14.3 Å². The summed E-state index contributed by atoms with van der Waals surface area (Å²) in [6.45, 7) is 4.12. The second-order valence-corrected chi connectivity index (χ2v) is 5.91. The fourth-order valence-electron chi connectivity index (χ4n) is 2.33. The van der Waals surface area contributed by atoms with Gasteiger partial charge in [-0.2, -0.15) is 0 Å². The van der Waals surface area contributed by atoms with Crippen LogP contribution in [0, 0.1) is 0 Å². The molecule has 0 spiro atoms. The first-order valence-electron chi connectivity index (χ1n) is 8.13. The number of hydrogen-bond acceptors (Lipinski definition) is 4. The summed E-state index contributed by atoms with van der Waals surface area (Å²) in [4.78, 5) is 12.4. The van der Waals surface area contributed by atoms with Gasteiger partial charge in [-0.25, -0.2) is 0 Å². The zero-order valence-corrected chi connectivity index (χ0v) is 14.3.